The number of methoxy groups -OCH3 is 1. The molecule has 17 heavy (non-hydrogen) atoms. The Bertz CT molecular complexity index is 497. The zero-order valence-corrected chi connectivity index (χ0v) is 9.95. The van der Waals surface area contributed by atoms with E-state index in [9.17, 15) is 0 Å². The van der Waals surface area contributed by atoms with Crippen LogP contribution >= 0.6 is 0 Å². The SMILES string of the molecule is COc1cc(NC(C)c2nncn2C)ncn1. The highest BCUT2D eigenvalue weighted by Crippen LogP contribution is 2.17. The molecule has 0 saturated carbocycles. The molecular formula is C10H14N6O. The number of ether oxygens (including phenoxy) is 1. The summed E-state index contributed by atoms with van der Waals surface area (Å²) in [7, 11) is 3.46. The summed E-state index contributed by atoms with van der Waals surface area (Å²) >= 11 is 0. The van der Waals surface area contributed by atoms with Crippen LogP contribution in [0.15, 0.2) is 18.7 Å². The minimum atomic E-state index is 0.00195. The molecule has 0 fully saturated rings. The zero-order valence-electron chi connectivity index (χ0n) is 9.95. The van der Waals surface area contributed by atoms with Crippen LogP contribution < -0.4 is 10.1 Å². The van der Waals surface area contributed by atoms with Gasteiger partial charge in [-0.15, -0.1) is 10.2 Å². The van der Waals surface area contributed by atoms with Crippen molar-refractivity contribution >= 4 is 5.82 Å². The average molecular weight is 234 g/mol. The van der Waals surface area contributed by atoms with E-state index in [1.807, 2.05) is 18.5 Å². The van der Waals surface area contributed by atoms with Crippen molar-refractivity contribution < 1.29 is 4.74 Å². The van der Waals surface area contributed by atoms with Crippen LogP contribution in [-0.4, -0.2) is 31.8 Å². The molecule has 2 aromatic rings. The molecule has 1 unspecified atom stereocenters. The van der Waals surface area contributed by atoms with E-state index < -0.39 is 0 Å². The summed E-state index contributed by atoms with van der Waals surface area (Å²) in [6.45, 7) is 1.98. The molecule has 0 radical (unpaired) electrons. The minimum absolute atomic E-state index is 0.00195. The van der Waals surface area contributed by atoms with Crippen LogP contribution in [0.1, 0.15) is 18.8 Å². The van der Waals surface area contributed by atoms with Crippen molar-refractivity contribution in [3.63, 3.8) is 0 Å². The summed E-state index contributed by atoms with van der Waals surface area (Å²) in [5, 5.41) is 11.1. The van der Waals surface area contributed by atoms with Crippen molar-refractivity contribution in [3.8, 4) is 5.88 Å². The molecule has 2 rings (SSSR count). The largest absolute Gasteiger partial charge is 0.481 e. The van der Waals surface area contributed by atoms with Gasteiger partial charge in [0.25, 0.3) is 0 Å². The highest BCUT2D eigenvalue weighted by Gasteiger charge is 2.11. The monoisotopic (exact) mass is 234 g/mol. The molecule has 0 amide bonds. The molecule has 2 aromatic heterocycles. The molecule has 0 aromatic carbocycles. The highest BCUT2D eigenvalue weighted by molar-refractivity contribution is 5.38. The van der Waals surface area contributed by atoms with Crippen LogP contribution in [0.5, 0.6) is 5.88 Å². The minimum Gasteiger partial charge on any atom is -0.481 e. The second-order valence-corrected chi connectivity index (χ2v) is 3.61. The zero-order chi connectivity index (χ0) is 12.3. The summed E-state index contributed by atoms with van der Waals surface area (Å²) in [5.41, 5.74) is 0. The maximum Gasteiger partial charge on any atom is 0.218 e. The number of hydrogen-bond donors (Lipinski definition) is 1. The lowest BCUT2D eigenvalue weighted by Gasteiger charge is -2.13. The van der Waals surface area contributed by atoms with Gasteiger partial charge in [-0.25, -0.2) is 9.97 Å². The summed E-state index contributed by atoms with van der Waals surface area (Å²) < 4.78 is 6.88. The second-order valence-electron chi connectivity index (χ2n) is 3.61. The Hall–Kier alpha value is -2.18. The van der Waals surface area contributed by atoms with Crippen molar-refractivity contribution in [2.45, 2.75) is 13.0 Å². The van der Waals surface area contributed by atoms with Crippen molar-refractivity contribution in [1.82, 2.24) is 24.7 Å². The number of aromatic nitrogens is 5. The van der Waals surface area contributed by atoms with Crippen LogP contribution in [0, 0.1) is 0 Å². The predicted molar refractivity (Wildman–Crippen MR) is 61.6 cm³/mol. The van der Waals surface area contributed by atoms with Crippen LogP contribution in [0.3, 0.4) is 0 Å². The Labute approximate surface area is 98.9 Å². The molecule has 0 aliphatic carbocycles. The van der Waals surface area contributed by atoms with Crippen molar-refractivity contribution in [2.75, 3.05) is 12.4 Å². The van der Waals surface area contributed by atoms with Crippen molar-refractivity contribution in [2.24, 2.45) is 7.05 Å². The first-order valence-corrected chi connectivity index (χ1v) is 5.17. The molecule has 1 atom stereocenters. The standard InChI is InChI=1S/C10H14N6O/c1-7(10-15-13-6-16(10)2)14-8-4-9(17-3)12-5-11-8/h4-7H,1-3H3,(H,11,12,14). The van der Waals surface area contributed by atoms with Gasteiger partial charge in [0, 0.05) is 13.1 Å². The smallest absolute Gasteiger partial charge is 0.218 e. The summed E-state index contributed by atoms with van der Waals surface area (Å²) in [6.07, 6.45) is 3.11. The first-order chi connectivity index (χ1) is 8.20. The fraction of sp³-hybridized carbons (Fsp3) is 0.400. The van der Waals surface area contributed by atoms with E-state index in [2.05, 4.69) is 25.5 Å². The molecule has 0 saturated heterocycles. The first kappa shape index (κ1) is 11.3. The van der Waals surface area contributed by atoms with Crippen LogP contribution in [0.4, 0.5) is 5.82 Å². The third-order valence-corrected chi connectivity index (χ3v) is 2.35. The molecule has 7 heteroatoms. The summed E-state index contributed by atoms with van der Waals surface area (Å²) in [5.74, 6) is 2.04. The van der Waals surface area contributed by atoms with Gasteiger partial charge >= 0.3 is 0 Å². The maximum absolute atomic E-state index is 5.03. The van der Waals surface area contributed by atoms with E-state index in [0.717, 1.165) is 5.82 Å². The predicted octanol–water partition coefficient (Wildman–Crippen LogP) is 0.787. The topological polar surface area (TPSA) is 77.8 Å². The van der Waals surface area contributed by atoms with Gasteiger partial charge in [0.2, 0.25) is 5.88 Å². The number of nitrogens with one attached hydrogen (secondary N) is 1. The fourth-order valence-electron chi connectivity index (χ4n) is 1.50. The molecule has 0 bridgehead atoms. The molecule has 0 aliphatic rings. The van der Waals surface area contributed by atoms with Crippen LogP contribution in [-0.2, 0) is 7.05 Å². The van der Waals surface area contributed by atoms with E-state index in [1.54, 1.807) is 19.5 Å². The van der Waals surface area contributed by atoms with Gasteiger partial charge < -0.3 is 14.6 Å². The van der Waals surface area contributed by atoms with E-state index in [4.69, 9.17) is 4.74 Å². The molecule has 1 N–H and O–H groups in total. The molecule has 7 nitrogen and oxygen atoms in total. The van der Waals surface area contributed by atoms with Crippen molar-refractivity contribution in [1.29, 1.82) is 0 Å². The normalized spacial score (nSPS) is 12.2. The van der Waals surface area contributed by atoms with E-state index in [-0.39, 0.29) is 6.04 Å². The third kappa shape index (κ3) is 2.49. The van der Waals surface area contributed by atoms with Crippen molar-refractivity contribution in [3.05, 3.63) is 24.5 Å². The number of aryl methyl sites for hydroxylation is 1. The van der Waals surface area contributed by atoms with Crippen LogP contribution in [0.25, 0.3) is 0 Å². The highest BCUT2D eigenvalue weighted by atomic mass is 16.5. The molecule has 90 valence electrons. The van der Waals surface area contributed by atoms with Gasteiger partial charge in [0.15, 0.2) is 5.82 Å². The van der Waals surface area contributed by atoms with Gasteiger partial charge in [-0.1, -0.05) is 0 Å². The van der Waals surface area contributed by atoms with Gasteiger partial charge in [-0.05, 0) is 6.92 Å². The number of nitrogens with zero attached hydrogens (tertiary/aromatic N) is 5. The van der Waals surface area contributed by atoms with E-state index in [1.165, 1.54) is 6.33 Å². The Morgan fingerprint density at radius 1 is 1.41 bits per heavy atom. The Morgan fingerprint density at radius 3 is 2.88 bits per heavy atom. The lowest BCUT2D eigenvalue weighted by Crippen LogP contribution is -2.12. The first-order valence-electron chi connectivity index (χ1n) is 5.17. The summed E-state index contributed by atoms with van der Waals surface area (Å²) in [4.78, 5) is 8.05. The molecule has 0 spiro atoms. The number of rotatable bonds is 4. The molecular weight excluding hydrogens is 220 g/mol. The Kier molecular flexibility index (Phi) is 3.17. The average Bonchev–Trinajstić information content (AvgIpc) is 2.76. The second kappa shape index (κ2) is 4.77. The number of hydrogen-bond acceptors (Lipinski definition) is 6. The fourth-order valence-corrected chi connectivity index (χ4v) is 1.50. The quantitative estimate of drug-likeness (QED) is 0.842. The van der Waals surface area contributed by atoms with E-state index >= 15 is 0 Å². The van der Waals surface area contributed by atoms with Gasteiger partial charge in [-0.2, -0.15) is 0 Å². The van der Waals surface area contributed by atoms with Gasteiger partial charge in [0.05, 0.1) is 13.2 Å². The third-order valence-electron chi connectivity index (χ3n) is 2.35. The Morgan fingerprint density at radius 2 is 2.24 bits per heavy atom. The Balaban J connectivity index is 2.13. The van der Waals surface area contributed by atoms with Crippen LogP contribution in [0.2, 0.25) is 0 Å². The lowest BCUT2D eigenvalue weighted by molar-refractivity contribution is 0.397. The number of anilines is 1. The van der Waals surface area contributed by atoms with Gasteiger partial charge in [-0.3, -0.25) is 0 Å². The van der Waals surface area contributed by atoms with Gasteiger partial charge in [0.1, 0.15) is 18.5 Å². The van der Waals surface area contributed by atoms with E-state index in [0.29, 0.717) is 11.7 Å². The maximum atomic E-state index is 5.03. The summed E-state index contributed by atoms with van der Waals surface area (Å²) in [6, 6.07) is 1.73. The lowest BCUT2D eigenvalue weighted by atomic mass is 10.3. The molecule has 2 heterocycles. The molecule has 0 aliphatic heterocycles.